The van der Waals surface area contributed by atoms with Crippen LogP contribution in [0.1, 0.15) is 26.7 Å². The number of rotatable bonds is 6. The van der Waals surface area contributed by atoms with Crippen molar-refractivity contribution >= 4 is 35.9 Å². The molecule has 0 bridgehead atoms. The summed E-state index contributed by atoms with van der Waals surface area (Å²) < 4.78 is 4.89. The molecule has 0 spiro atoms. The van der Waals surface area contributed by atoms with Crippen molar-refractivity contribution in [3.8, 4) is 0 Å². The van der Waals surface area contributed by atoms with Gasteiger partial charge in [0.15, 0.2) is 5.96 Å². The van der Waals surface area contributed by atoms with Crippen molar-refractivity contribution in [3.05, 3.63) is 0 Å². The molecule has 134 valence electrons. The third kappa shape index (κ3) is 5.48. The highest BCUT2D eigenvalue weighted by Crippen LogP contribution is 2.26. The van der Waals surface area contributed by atoms with Gasteiger partial charge < -0.3 is 15.0 Å². The number of carbonyl (C=O) groups excluding carboxylic acids is 1. The second-order valence-electron chi connectivity index (χ2n) is 6.35. The van der Waals surface area contributed by atoms with Crippen molar-refractivity contribution in [2.75, 3.05) is 46.9 Å². The van der Waals surface area contributed by atoms with Gasteiger partial charge in [-0.15, -0.1) is 24.0 Å². The monoisotopic (exact) mass is 438 g/mol. The second-order valence-corrected chi connectivity index (χ2v) is 6.35. The van der Waals surface area contributed by atoms with Crippen molar-refractivity contribution in [1.29, 1.82) is 0 Å². The Morgan fingerprint density at radius 2 is 2.09 bits per heavy atom. The van der Waals surface area contributed by atoms with E-state index in [2.05, 4.69) is 34.0 Å². The van der Waals surface area contributed by atoms with Crippen molar-refractivity contribution in [2.24, 2.45) is 16.8 Å². The lowest BCUT2D eigenvalue weighted by Crippen LogP contribution is -2.44. The second kappa shape index (κ2) is 9.66. The average Bonchev–Trinajstić information content (AvgIpc) is 3.29. The number of halogens is 1. The van der Waals surface area contributed by atoms with Gasteiger partial charge in [0.05, 0.1) is 13.0 Å². The van der Waals surface area contributed by atoms with Gasteiger partial charge in [0.1, 0.15) is 0 Å². The summed E-state index contributed by atoms with van der Waals surface area (Å²) >= 11 is 0. The minimum Gasteiger partial charge on any atom is -0.469 e. The lowest BCUT2D eigenvalue weighted by Gasteiger charge is -2.24. The first kappa shape index (κ1) is 20.5. The molecule has 2 fully saturated rings. The summed E-state index contributed by atoms with van der Waals surface area (Å²) in [5.74, 6) is 1.02. The third-order valence-electron chi connectivity index (χ3n) is 4.78. The SMILES string of the molecule is CCN(CCNC(=NC)N1CC(C)C(C(=O)OC)C1)C1CC1.I. The number of likely N-dealkylation sites (N-methyl/N-ethyl adjacent to an activating group) is 1. The van der Waals surface area contributed by atoms with Crippen LogP contribution in [0.4, 0.5) is 0 Å². The highest BCUT2D eigenvalue weighted by Gasteiger charge is 2.36. The van der Waals surface area contributed by atoms with Crippen molar-refractivity contribution < 1.29 is 9.53 Å². The van der Waals surface area contributed by atoms with Crippen LogP contribution in [-0.4, -0.2) is 74.7 Å². The number of hydrogen-bond acceptors (Lipinski definition) is 4. The maximum Gasteiger partial charge on any atom is 0.310 e. The Morgan fingerprint density at radius 1 is 1.39 bits per heavy atom. The third-order valence-corrected chi connectivity index (χ3v) is 4.78. The van der Waals surface area contributed by atoms with Crippen LogP contribution in [0.3, 0.4) is 0 Å². The fourth-order valence-electron chi connectivity index (χ4n) is 3.28. The van der Waals surface area contributed by atoms with Gasteiger partial charge in [0, 0.05) is 39.3 Å². The smallest absolute Gasteiger partial charge is 0.310 e. The van der Waals surface area contributed by atoms with Crippen molar-refractivity contribution in [1.82, 2.24) is 15.1 Å². The van der Waals surface area contributed by atoms with Gasteiger partial charge in [-0.1, -0.05) is 13.8 Å². The fourth-order valence-corrected chi connectivity index (χ4v) is 3.28. The minimum atomic E-state index is -0.114. The van der Waals surface area contributed by atoms with Crippen LogP contribution in [-0.2, 0) is 9.53 Å². The molecule has 0 aromatic rings. The number of guanidine groups is 1. The van der Waals surface area contributed by atoms with Gasteiger partial charge in [-0.2, -0.15) is 0 Å². The van der Waals surface area contributed by atoms with Crippen LogP contribution >= 0.6 is 24.0 Å². The van der Waals surface area contributed by atoms with Crippen LogP contribution in [0, 0.1) is 11.8 Å². The topological polar surface area (TPSA) is 57.2 Å². The van der Waals surface area contributed by atoms with Crippen LogP contribution in [0.25, 0.3) is 0 Å². The zero-order valence-corrected chi connectivity index (χ0v) is 17.1. The summed E-state index contributed by atoms with van der Waals surface area (Å²) in [6, 6.07) is 0.796. The normalized spacial score (nSPS) is 24.6. The zero-order valence-electron chi connectivity index (χ0n) is 14.7. The molecule has 1 aliphatic heterocycles. The van der Waals surface area contributed by atoms with E-state index < -0.39 is 0 Å². The largest absolute Gasteiger partial charge is 0.469 e. The summed E-state index contributed by atoms with van der Waals surface area (Å²) in [5, 5.41) is 3.44. The molecule has 2 aliphatic rings. The Kier molecular flexibility index (Phi) is 8.60. The van der Waals surface area contributed by atoms with E-state index in [1.165, 1.54) is 20.0 Å². The van der Waals surface area contributed by atoms with Gasteiger partial charge in [-0.3, -0.25) is 14.7 Å². The number of nitrogens with one attached hydrogen (secondary N) is 1. The molecule has 1 heterocycles. The maximum absolute atomic E-state index is 11.8. The Hall–Kier alpha value is -0.570. The van der Waals surface area contributed by atoms with E-state index in [9.17, 15) is 4.79 Å². The number of likely N-dealkylation sites (tertiary alicyclic amines) is 1. The Labute approximate surface area is 157 Å². The van der Waals surface area contributed by atoms with Gasteiger partial charge in [0.2, 0.25) is 0 Å². The lowest BCUT2D eigenvalue weighted by molar-refractivity contribution is -0.145. The van der Waals surface area contributed by atoms with Crippen LogP contribution < -0.4 is 5.32 Å². The molecule has 1 saturated heterocycles. The lowest BCUT2D eigenvalue weighted by atomic mass is 9.99. The van der Waals surface area contributed by atoms with Crippen LogP contribution in [0.5, 0.6) is 0 Å². The number of nitrogens with zero attached hydrogens (tertiary/aromatic N) is 3. The molecular weight excluding hydrogens is 407 g/mol. The highest BCUT2D eigenvalue weighted by atomic mass is 127. The first-order valence-electron chi connectivity index (χ1n) is 8.38. The average molecular weight is 438 g/mol. The summed E-state index contributed by atoms with van der Waals surface area (Å²) in [5.41, 5.74) is 0. The Balaban J connectivity index is 0.00000264. The number of esters is 1. The number of carbonyl (C=O) groups is 1. The Morgan fingerprint density at radius 3 is 2.61 bits per heavy atom. The van der Waals surface area contributed by atoms with Gasteiger partial charge in [-0.05, 0) is 25.3 Å². The first-order valence-corrected chi connectivity index (χ1v) is 8.38. The molecule has 0 aromatic heterocycles. The van der Waals surface area contributed by atoms with E-state index in [0.29, 0.717) is 12.5 Å². The van der Waals surface area contributed by atoms with Crippen LogP contribution in [0.2, 0.25) is 0 Å². The summed E-state index contributed by atoms with van der Waals surface area (Å²) in [4.78, 5) is 20.8. The van der Waals surface area contributed by atoms with Crippen molar-refractivity contribution in [2.45, 2.75) is 32.7 Å². The minimum absolute atomic E-state index is 0. The number of hydrogen-bond donors (Lipinski definition) is 1. The van der Waals surface area contributed by atoms with E-state index in [4.69, 9.17) is 4.74 Å². The molecule has 0 amide bonds. The molecule has 1 N–H and O–H groups in total. The molecule has 6 nitrogen and oxygen atoms in total. The molecule has 23 heavy (non-hydrogen) atoms. The summed E-state index contributed by atoms with van der Waals surface area (Å²) in [6.07, 6.45) is 2.68. The highest BCUT2D eigenvalue weighted by molar-refractivity contribution is 14.0. The van der Waals surface area contributed by atoms with Crippen molar-refractivity contribution in [3.63, 3.8) is 0 Å². The number of aliphatic imine (C=N–C) groups is 1. The maximum atomic E-state index is 11.8. The van der Waals surface area contributed by atoms with E-state index in [-0.39, 0.29) is 35.9 Å². The molecular formula is C16H31IN4O2. The molecule has 2 atom stereocenters. The van der Waals surface area contributed by atoms with E-state index in [0.717, 1.165) is 38.2 Å². The molecule has 2 unspecified atom stereocenters. The summed E-state index contributed by atoms with van der Waals surface area (Å²) in [7, 11) is 3.26. The van der Waals surface area contributed by atoms with Gasteiger partial charge in [0.25, 0.3) is 0 Å². The molecule has 7 heteroatoms. The van der Waals surface area contributed by atoms with Gasteiger partial charge >= 0.3 is 5.97 Å². The zero-order chi connectivity index (χ0) is 16.1. The van der Waals surface area contributed by atoms with E-state index in [1.807, 2.05) is 0 Å². The molecule has 0 aromatic carbocycles. The Bertz CT molecular complexity index is 415. The number of ether oxygens (including phenoxy) is 1. The standard InChI is InChI=1S/C16H30N4O2.HI/c1-5-19(13-6-7-13)9-8-18-16(17-3)20-10-12(2)14(11-20)15(21)22-4;/h12-14H,5-11H2,1-4H3,(H,17,18);1H. The molecule has 1 saturated carbocycles. The van der Waals surface area contributed by atoms with E-state index >= 15 is 0 Å². The van der Waals surface area contributed by atoms with E-state index in [1.54, 1.807) is 7.05 Å². The molecule has 2 rings (SSSR count). The molecule has 0 radical (unpaired) electrons. The fraction of sp³-hybridized carbons (Fsp3) is 0.875. The predicted octanol–water partition coefficient (Wildman–Crippen LogP) is 1.40. The first-order chi connectivity index (χ1) is 10.6. The number of methoxy groups -OCH3 is 1. The quantitative estimate of drug-likeness (QED) is 0.294. The summed E-state index contributed by atoms with van der Waals surface area (Å²) in [6.45, 7) is 8.90. The predicted molar refractivity (Wildman–Crippen MR) is 103 cm³/mol. The van der Waals surface area contributed by atoms with Gasteiger partial charge in [-0.25, -0.2) is 0 Å². The molecule has 1 aliphatic carbocycles. The van der Waals surface area contributed by atoms with Crippen LogP contribution in [0.15, 0.2) is 4.99 Å².